The van der Waals surface area contributed by atoms with Gasteiger partial charge >= 0.3 is 0 Å². The molecule has 0 radical (unpaired) electrons. The number of carbonyl (C=O) groups excluding carboxylic acids is 1. The summed E-state index contributed by atoms with van der Waals surface area (Å²) in [5.74, 6) is 0.415. The summed E-state index contributed by atoms with van der Waals surface area (Å²) >= 11 is 0. The number of aromatic nitrogens is 1. The molecule has 1 aromatic heterocycles. The quantitative estimate of drug-likeness (QED) is 0.875. The van der Waals surface area contributed by atoms with Crippen molar-refractivity contribution in [2.75, 3.05) is 5.73 Å². The predicted molar refractivity (Wildman–Crippen MR) is 77.0 cm³/mol. The number of anilines is 1. The Hall–Kier alpha value is -1.58. The lowest BCUT2D eigenvalue weighted by atomic mass is 9.95. The summed E-state index contributed by atoms with van der Waals surface area (Å²) < 4.78 is 0. The fourth-order valence-electron chi connectivity index (χ4n) is 2.64. The van der Waals surface area contributed by atoms with Crippen LogP contribution >= 0.6 is 0 Å². The standard InChI is InChI=1S/C15H23N3O/c1-2-6-13-9-11(10-14(16)17-13)15(19)18-12-7-4-3-5-8-12/h9-10,12H,2-8H2,1H3,(H2,16,17)(H,18,19). The monoisotopic (exact) mass is 261 g/mol. The van der Waals surface area contributed by atoms with Crippen LogP contribution in [-0.2, 0) is 6.42 Å². The van der Waals surface area contributed by atoms with E-state index in [1.54, 1.807) is 6.07 Å². The average molecular weight is 261 g/mol. The van der Waals surface area contributed by atoms with Gasteiger partial charge in [0.2, 0.25) is 0 Å². The zero-order valence-electron chi connectivity index (χ0n) is 11.6. The van der Waals surface area contributed by atoms with Crippen molar-refractivity contribution in [1.82, 2.24) is 10.3 Å². The SMILES string of the molecule is CCCc1cc(C(=O)NC2CCCCC2)cc(N)n1. The molecule has 1 heterocycles. The zero-order valence-corrected chi connectivity index (χ0v) is 11.6. The maximum atomic E-state index is 12.2. The molecule has 2 rings (SSSR count). The Morgan fingerprint density at radius 1 is 1.37 bits per heavy atom. The van der Waals surface area contributed by atoms with Gasteiger partial charge in [0.25, 0.3) is 5.91 Å². The second kappa shape index (κ2) is 6.55. The first-order valence-electron chi connectivity index (χ1n) is 7.26. The Bertz CT molecular complexity index is 439. The molecule has 1 aliphatic rings. The van der Waals surface area contributed by atoms with E-state index < -0.39 is 0 Å². The van der Waals surface area contributed by atoms with Gasteiger partial charge in [0.1, 0.15) is 5.82 Å². The number of hydrogen-bond donors (Lipinski definition) is 2. The van der Waals surface area contributed by atoms with Gasteiger partial charge in [-0.15, -0.1) is 0 Å². The molecule has 0 spiro atoms. The van der Waals surface area contributed by atoms with Gasteiger partial charge < -0.3 is 11.1 Å². The van der Waals surface area contributed by atoms with Gasteiger partial charge in [0.15, 0.2) is 0 Å². The topological polar surface area (TPSA) is 68.0 Å². The van der Waals surface area contributed by atoms with Crippen molar-refractivity contribution < 1.29 is 4.79 Å². The molecule has 4 nitrogen and oxygen atoms in total. The third kappa shape index (κ3) is 3.94. The average Bonchev–Trinajstić information content (AvgIpc) is 2.39. The number of carbonyl (C=O) groups is 1. The van der Waals surface area contributed by atoms with Crippen LogP contribution in [0.4, 0.5) is 5.82 Å². The van der Waals surface area contributed by atoms with Crippen LogP contribution in [0.5, 0.6) is 0 Å². The van der Waals surface area contributed by atoms with E-state index in [-0.39, 0.29) is 5.91 Å². The molecule has 0 bridgehead atoms. The highest BCUT2D eigenvalue weighted by Crippen LogP contribution is 2.18. The fraction of sp³-hybridized carbons (Fsp3) is 0.600. The fourth-order valence-corrected chi connectivity index (χ4v) is 2.64. The van der Waals surface area contributed by atoms with Crippen molar-refractivity contribution in [2.24, 2.45) is 0 Å². The van der Waals surface area contributed by atoms with E-state index in [0.29, 0.717) is 17.4 Å². The van der Waals surface area contributed by atoms with Crippen molar-refractivity contribution >= 4 is 11.7 Å². The van der Waals surface area contributed by atoms with Crippen LogP contribution in [0.1, 0.15) is 61.5 Å². The lowest BCUT2D eigenvalue weighted by Crippen LogP contribution is -2.36. The van der Waals surface area contributed by atoms with E-state index >= 15 is 0 Å². The number of nitrogen functional groups attached to an aromatic ring is 1. The zero-order chi connectivity index (χ0) is 13.7. The number of hydrogen-bond acceptors (Lipinski definition) is 3. The number of nitrogens with zero attached hydrogens (tertiary/aromatic N) is 1. The molecule has 3 N–H and O–H groups in total. The first kappa shape index (κ1) is 13.8. The Balaban J connectivity index is 2.05. The number of amides is 1. The van der Waals surface area contributed by atoms with Gasteiger partial charge in [-0.1, -0.05) is 32.6 Å². The summed E-state index contributed by atoms with van der Waals surface area (Å²) in [4.78, 5) is 16.5. The van der Waals surface area contributed by atoms with E-state index in [0.717, 1.165) is 31.4 Å². The third-order valence-electron chi connectivity index (χ3n) is 3.61. The highest BCUT2D eigenvalue weighted by Gasteiger charge is 2.17. The van der Waals surface area contributed by atoms with E-state index in [1.165, 1.54) is 19.3 Å². The van der Waals surface area contributed by atoms with Crippen LogP contribution in [0.15, 0.2) is 12.1 Å². The molecule has 0 atom stereocenters. The molecule has 0 aliphatic heterocycles. The highest BCUT2D eigenvalue weighted by atomic mass is 16.1. The van der Waals surface area contributed by atoms with Crippen molar-refractivity contribution in [3.8, 4) is 0 Å². The van der Waals surface area contributed by atoms with E-state index in [1.807, 2.05) is 6.07 Å². The summed E-state index contributed by atoms with van der Waals surface area (Å²) in [5.41, 5.74) is 7.31. The summed E-state index contributed by atoms with van der Waals surface area (Å²) in [6.07, 6.45) is 7.75. The molecule has 4 heteroatoms. The molecule has 1 saturated carbocycles. The van der Waals surface area contributed by atoms with Crippen molar-refractivity contribution in [3.63, 3.8) is 0 Å². The molecule has 104 valence electrons. The van der Waals surface area contributed by atoms with Gasteiger partial charge in [0.05, 0.1) is 0 Å². The van der Waals surface area contributed by atoms with Crippen LogP contribution in [0.3, 0.4) is 0 Å². The van der Waals surface area contributed by atoms with Crippen molar-refractivity contribution in [2.45, 2.75) is 57.9 Å². The van der Waals surface area contributed by atoms with Gasteiger partial charge in [0, 0.05) is 17.3 Å². The van der Waals surface area contributed by atoms with Crippen LogP contribution in [0.25, 0.3) is 0 Å². The summed E-state index contributed by atoms with van der Waals surface area (Å²) in [7, 11) is 0. The van der Waals surface area contributed by atoms with E-state index in [4.69, 9.17) is 5.73 Å². The number of rotatable bonds is 4. The summed E-state index contributed by atoms with van der Waals surface area (Å²) in [5, 5.41) is 3.11. The van der Waals surface area contributed by atoms with Gasteiger partial charge in [-0.25, -0.2) is 4.98 Å². The lowest BCUT2D eigenvalue weighted by Gasteiger charge is -2.22. The molecule has 1 amide bonds. The first-order valence-corrected chi connectivity index (χ1v) is 7.26. The van der Waals surface area contributed by atoms with Crippen molar-refractivity contribution in [1.29, 1.82) is 0 Å². The lowest BCUT2D eigenvalue weighted by molar-refractivity contribution is 0.0927. The number of nitrogens with one attached hydrogen (secondary N) is 1. The Kier molecular flexibility index (Phi) is 4.77. The Labute approximate surface area is 114 Å². The molecular formula is C15H23N3O. The van der Waals surface area contributed by atoms with E-state index in [9.17, 15) is 4.79 Å². The van der Waals surface area contributed by atoms with Crippen LogP contribution < -0.4 is 11.1 Å². The van der Waals surface area contributed by atoms with Crippen LogP contribution in [0.2, 0.25) is 0 Å². The van der Waals surface area contributed by atoms with Crippen LogP contribution in [-0.4, -0.2) is 16.9 Å². The Morgan fingerprint density at radius 3 is 2.79 bits per heavy atom. The first-order chi connectivity index (χ1) is 9.19. The molecule has 0 aromatic carbocycles. The maximum absolute atomic E-state index is 12.2. The normalized spacial score (nSPS) is 16.3. The maximum Gasteiger partial charge on any atom is 0.251 e. The minimum absolute atomic E-state index is 0.0154. The molecule has 1 fully saturated rings. The number of aryl methyl sites for hydroxylation is 1. The predicted octanol–water partition coefficient (Wildman–Crippen LogP) is 2.68. The minimum Gasteiger partial charge on any atom is -0.384 e. The largest absolute Gasteiger partial charge is 0.384 e. The number of nitrogens with two attached hydrogens (primary N) is 1. The molecule has 0 saturated heterocycles. The second-order valence-electron chi connectivity index (χ2n) is 5.33. The molecule has 1 aliphatic carbocycles. The van der Waals surface area contributed by atoms with Gasteiger partial charge in [-0.2, -0.15) is 0 Å². The molecular weight excluding hydrogens is 238 g/mol. The Morgan fingerprint density at radius 2 is 2.11 bits per heavy atom. The van der Waals surface area contributed by atoms with Gasteiger partial charge in [-0.05, 0) is 31.4 Å². The van der Waals surface area contributed by atoms with Crippen LogP contribution in [0, 0.1) is 0 Å². The summed E-state index contributed by atoms with van der Waals surface area (Å²) in [6, 6.07) is 3.85. The molecule has 19 heavy (non-hydrogen) atoms. The highest BCUT2D eigenvalue weighted by molar-refractivity contribution is 5.95. The minimum atomic E-state index is -0.0154. The van der Waals surface area contributed by atoms with Gasteiger partial charge in [-0.3, -0.25) is 4.79 Å². The van der Waals surface area contributed by atoms with E-state index in [2.05, 4.69) is 17.2 Å². The number of pyridine rings is 1. The molecule has 0 unspecified atom stereocenters. The molecule has 1 aromatic rings. The smallest absolute Gasteiger partial charge is 0.251 e. The second-order valence-corrected chi connectivity index (χ2v) is 5.33. The third-order valence-corrected chi connectivity index (χ3v) is 3.61. The summed E-state index contributed by atoms with van der Waals surface area (Å²) in [6.45, 7) is 2.09. The van der Waals surface area contributed by atoms with Crippen molar-refractivity contribution in [3.05, 3.63) is 23.4 Å².